The van der Waals surface area contributed by atoms with Crippen LogP contribution in [0.3, 0.4) is 0 Å². The van der Waals surface area contributed by atoms with Gasteiger partial charge in [0.15, 0.2) is 9.84 Å². The number of rotatable bonds is 8. The van der Waals surface area contributed by atoms with Crippen LogP contribution in [0.25, 0.3) is 0 Å². The number of hydrogen-bond acceptors (Lipinski definition) is 5. The minimum atomic E-state index is -2.85. The van der Waals surface area contributed by atoms with Crippen LogP contribution in [0.1, 0.15) is 32.6 Å². The van der Waals surface area contributed by atoms with Crippen molar-refractivity contribution in [2.45, 2.75) is 32.6 Å². The van der Waals surface area contributed by atoms with Crippen molar-refractivity contribution in [3.05, 3.63) is 0 Å². The Hall–Kier alpha value is -0.170. The van der Waals surface area contributed by atoms with Gasteiger partial charge in [-0.25, -0.2) is 8.42 Å². The fraction of sp³-hybridized carbons (Fsp3) is 1.00. The summed E-state index contributed by atoms with van der Waals surface area (Å²) >= 11 is 0. The topological polar surface area (TPSA) is 49.9 Å². The molecule has 1 aliphatic carbocycles. The second kappa shape index (κ2) is 7.60. The Kier molecular flexibility index (Phi) is 5.90. The molecule has 3 rings (SSSR count). The molecule has 0 unspecified atom stereocenters. The number of ether oxygens (including phenoxy) is 1. The lowest BCUT2D eigenvalue weighted by molar-refractivity contribution is 0.0196. The monoisotopic (exact) mass is 358 g/mol. The molecule has 0 N–H and O–H groups in total. The lowest BCUT2D eigenvalue weighted by atomic mass is 9.71. The number of sulfone groups is 1. The third-order valence-electron chi connectivity index (χ3n) is 6.36. The molecule has 2 aliphatic heterocycles. The van der Waals surface area contributed by atoms with Gasteiger partial charge in [0.1, 0.15) is 0 Å². The van der Waals surface area contributed by atoms with Gasteiger partial charge in [-0.3, -0.25) is 0 Å². The molecule has 0 radical (unpaired) electrons. The summed E-state index contributed by atoms with van der Waals surface area (Å²) in [5, 5.41) is 0. The molecular formula is C18H34N2O3S. The molecule has 1 atom stereocenters. The van der Waals surface area contributed by atoms with Gasteiger partial charge in [0.05, 0.1) is 12.4 Å². The molecule has 0 aromatic carbocycles. The molecule has 24 heavy (non-hydrogen) atoms. The summed E-state index contributed by atoms with van der Waals surface area (Å²) < 4.78 is 29.5. The third-order valence-corrected chi connectivity index (χ3v) is 8.05. The SMILES string of the molecule is CCS(=O)(=O)CCN1CCC2(CC1)CN(C)C[C@@H]2COCC1CC1. The maximum absolute atomic E-state index is 11.7. The molecule has 0 amide bonds. The van der Waals surface area contributed by atoms with E-state index in [1.54, 1.807) is 6.92 Å². The molecule has 3 fully saturated rings. The standard InChI is InChI=1S/C18H34N2O3S/c1-3-24(21,22)11-10-20-8-6-18(7-9-20)15-19(2)12-17(18)14-23-13-16-4-5-16/h16-17H,3-15H2,1-2H3/t17-/m1/s1. The van der Waals surface area contributed by atoms with Crippen molar-refractivity contribution in [1.29, 1.82) is 0 Å². The van der Waals surface area contributed by atoms with Crippen molar-refractivity contribution < 1.29 is 13.2 Å². The van der Waals surface area contributed by atoms with E-state index in [4.69, 9.17) is 4.74 Å². The molecule has 140 valence electrons. The summed E-state index contributed by atoms with van der Waals surface area (Å²) in [5.74, 6) is 2.05. The number of likely N-dealkylation sites (tertiary alicyclic amines) is 2. The first-order chi connectivity index (χ1) is 11.4. The molecule has 3 aliphatic rings. The summed E-state index contributed by atoms with van der Waals surface area (Å²) in [7, 11) is -0.625. The highest BCUT2D eigenvalue weighted by atomic mass is 32.2. The van der Waals surface area contributed by atoms with Crippen LogP contribution in [0.15, 0.2) is 0 Å². The van der Waals surface area contributed by atoms with Crippen molar-refractivity contribution in [2.75, 3.05) is 64.5 Å². The summed E-state index contributed by atoms with van der Waals surface area (Å²) in [5.41, 5.74) is 0.387. The van der Waals surface area contributed by atoms with E-state index in [0.717, 1.165) is 38.8 Å². The zero-order chi connectivity index (χ0) is 17.2. The first-order valence-electron chi connectivity index (χ1n) is 9.61. The van der Waals surface area contributed by atoms with E-state index in [2.05, 4.69) is 16.8 Å². The fourth-order valence-electron chi connectivity index (χ4n) is 4.39. The molecule has 2 heterocycles. The van der Waals surface area contributed by atoms with Crippen LogP contribution in [0.4, 0.5) is 0 Å². The molecule has 5 nitrogen and oxygen atoms in total. The van der Waals surface area contributed by atoms with Crippen molar-refractivity contribution in [3.63, 3.8) is 0 Å². The summed E-state index contributed by atoms with van der Waals surface area (Å²) in [4.78, 5) is 4.81. The van der Waals surface area contributed by atoms with Gasteiger partial charge in [0, 0.05) is 37.9 Å². The van der Waals surface area contributed by atoms with Gasteiger partial charge < -0.3 is 14.5 Å². The van der Waals surface area contributed by atoms with Crippen molar-refractivity contribution >= 4 is 9.84 Å². The Morgan fingerprint density at radius 2 is 1.88 bits per heavy atom. The zero-order valence-electron chi connectivity index (χ0n) is 15.4. The number of piperidine rings is 1. The third kappa shape index (κ3) is 4.71. The van der Waals surface area contributed by atoms with Gasteiger partial charge in [0.2, 0.25) is 0 Å². The van der Waals surface area contributed by atoms with Gasteiger partial charge in [0.25, 0.3) is 0 Å². The molecule has 2 saturated heterocycles. The molecule has 6 heteroatoms. The Morgan fingerprint density at radius 1 is 1.17 bits per heavy atom. The van der Waals surface area contributed by atoms with E-state index in [9.17, 15) is 8.42 Å². The zero-order valence-corrected chi connectivity index (χ0v) is 16.2. The van der Waals surface area contributed by atoms with Crippen molar-refractivity contribution in [3.8, 4) is 0 Å². The average molecular weight is 359 g/mol. The summed E-state index contributed by atoms with van der Waals surface area (Å²) in [6, 6.07) is 0. The predicted molar refractivity (Wildman–Crippen MR) is 97.0 cm³/mol. The van der Waals surface area contributed by atoms with Crippen molar-refractivity contribution in [2.24, 2.45) is 17.3 Å². The van der Waals surface area contributed by atoms with Crippen LogP contribution in [0.2, 0.25) is 0 Å². The van der Waals surface area contributed by atoms with Gasteiger partial charge in [-0.2, -0.15) is 0 Å². The van der Waals surface area contributed by atoms with E-state index in [0.29, 0.717) is 23.6 Å². The highest BCUT2D eigenvalue weighted by Gasteiger charge is 2.47. The van der Waals surface area contributed by atoms with Crippen LogP contribution >= 0.6 is 0 Å². The van der Waals surface area contributed by atoms with Crippen LogP contribution < -0.4 is 0 Å². The average Bonchev–Trinajstić information content (AvgIpc) is 3.32. The van der Waals surface area contributed by atoms with E-state index in [1.165, 1.54) is 32.2 Å². The largest absolute Gasteiger partial charge is 0.381 e. The second-order valence-electron chi connectivity index (χ2n) is 8.31. The van der Waals surface area contributed by atoms with E-state index in [-0.39, 0.29) is 5.75 Å². The maximum Gasteiger partial charge on any atom is 0.151 e. The first-order valence-corrected chi connectivity index (χ1v) is 11.4. The molecule has 1 saturated carbocycles. The Labute approximate surface area is 147 Å². The van der Waals surface area contributed by atoms with Gasteiger partial charge in [-0.15, -0.1) is 0 Å². The molecule has 0 aromatic heterocycles. The van der Waals surface area contributed by atoms with Crippen LogP contribution in [-0.4, -0.2) is 82.7 Å². The van der Waals surface area contributed by atoms with Crippen molar-refractivity contribution in [1.82, 2.24) is 9.80 Å². The summed E-state index contributed by atoms with van der Waals surface area (Å²) in [6.45, 7) is 8.69. The second-order valence-corrected chi connectivity index (χ2v) is 10.8. The van der Waals surface area contributed by atoms with Crippen LogP contribution in [-0.2, 0) is 14.6 Å². The lowest BCUT2D eigenvalue weighted by Crippen LogP contribution is -2.46. The van der Waals surface area contributed by atoms with Crippen LogP contribution in [0, 0.1) is 17.3 Å². The first kappa shape index (κ1) is 18.6. The number of nitrogens with zero attached hydrogens (tertiary/aromatic N) is 2. The predicted octanol–water partition coefficient (Wildman–Crippen LogP) is 1.49. The minimum Gasteiger partial charge on any atom is -0.381 e. The lowest BCUT2D eigenvalue weighted by Gasteiger charge is -2.42. The van der Waals surface area contributed by atoms with Crippen LogP contribution in [0.5, 0.6) is 0 Å². The Bertz CT molecular complexity index is 510. The van der Waals surface area contributed by atoms with E-state index >= 15 is 0 Å². The maximum atomic E-state index is 11.7. The highest BCUT2D eigenvalue weighted by molar-refractivity contribution is 7.91. The Morgan fingerprint density at radius 3 is 2.50 bits per heavy atom. The van der Waals surface area contributed by atoms with E-state index in [1.807, 2.05) is 0 Å². The molecule has 0 bridgehead atoms. The van der Waals surface area contributed by atoms with Gasteiger partial charge in [-0.1, -0.05) is 6.92 Å². The van der Waals surface area contributed by atoms with Gasteiger partial charge >= 0.3 is 0 Å². The minimum absolute atomic E-state index is 0.260. The molecule has 0 aromatic rings. The van der Waals surface area contributed by atoms with E-state index < -0.39 is 9.84 Å². The normalized spacial score (nSPS) is 28.7. The highest BCUT2D eigenvalue weighted by Crippen LogP contribution is 2.44. The molecule has 1 spiro atoms. The van der Waals surface area contributed by atoms with Gasteiger partial charge in [-0.05, 0) is 57.2 Å². The Balaban J connectivity index is 1.48. The summed E-state index contributed by atoms with van der Waals surface area (Å²) in [6.07, 6.45) is 5.07. The fourth-order valence-corrected chi connectivity index (χ4v) is 5.22. The number of hydrogen-bond donors (Lipinski definition) is 0. The molecular weight excluding hydrogens is 324 g/mol. The quantitative estimate of drug-likeness (QED) is 0.658. The smallest absolute Gasteiger partial charge is 0.151 e.